The summed E-state index contributed by atoms with van der Waals surface area (Å²) in [5.74, 6) is 2.01. The highest BCUT2D eigenvalue weighted by molar-refractivity contribution is 7.98. The van der Waals surface area contributed by atoms with Crippen molar-refractivity contribution >= 4 is 40.0 Å². The first kappa shape index (κ1) is 21.1. The molecule has 1 aliphatic rings. The van der Waals surface area contributed by atoms with Crippen molar-refractivity contribution in [2.75, 3.05) is 26.4 Å². The van der Waals surface area contributed by atoms with Crippen molar-refractivity contribution in [1.29, 1.82) is 0 Å². The molecule has 0 aliphatic carbocycles. The molecular weight excluding hydrogens is 418 g/mol. The number of imide groups is 1. The van der Waals surface area contributed by atoms with E-state index in [1.807, 2.05) is 31.1 Å². The molecule has 2 amide bonds. The molecule has 1 aliphatic heterocycles. The Labute approximate surface area is 182 Å². The molecule has 160 valence electrons. The monoisotopic (exact) mass is 439 g/mol. The molecule has 4 rings (SSSR count). The molecule has 0 unspecified atom stereocenters. The summed E-state index contributed by atoms with van der Waals surface area (Å²) in [6.45, 7) is 0.935. The Balaban J connectivity index is 1.47. The minimum absolute atomic E-state index is 0.164. The smallest absolute Gasteiger partial charge is 0.270 e. The van der Waals surface area contributed by atoms with E-state index in [1.165, 1.54) is 17.0 Å². The molecule has 1 aromatic heterocycles. The van der Waals surface area contributed by atoms with Crippen molar-refractivity contribution in [3.63, 3.8) is 0 Å². The van der Waals surface area contributed by atoms with Crippen LogP contribution in [-0.2, 0) is 12.3 Å². The molecule has 0 saturated carbocycles. The average molecular weight is 439 g/mol. The van der Waals surface area contributed by atoms with Gasteiger partial charge in [0.15, 0.2) is 0 Å². The molecule has 2 heterocycles. The maximum atomic E-state index is 13.0. The minimum Gasteiger partial charge on any atom is -0.464 e. The van der Waals surface area contributed by atoms with Crippen molar-refractivity contribution < 1.29 is 18.9 Å². The third-order valence-corrected chi connectivity index (χ3v) is 5.98. The normalized spacial score (nSPS) is 13.5. The van der Waals surface area contributed by atoms with Crippen LogP contribution in [0.5, 0.6) is 0 Å². The van der Waals surface area contributed by atoms with Gasteiger partial charge in [0.25, 0.3) is 17.5 Å². The zero-order valence-corrected chi connectivity index (χ0v) is 18.0. The molecule has 9 heteroatoms. The Hall–Kier alpha value is -3.17. The Morgan fingerprint density at radius 2 is 1.81 bits per heavy atom. The van der Waals surface area contributed by atoms with Crippen LogP contribution in [0.3, 0.4) is 0 Å². The zero-order valence-electron chi connectivity index (χ0n) is 17.2. The highest BCUT2D eigenvalue weighted by atomic mass is 32.2. The number of rotatable bonds is 8. The summed E-state index contributed by atoms with van der Waals surface area (Å²) < 4.78 is 5.78. The molecule has 0 bridgehead atoms. The lowest BCUT2D eigenvalue weighted by Gasteiger charge is -2.27. The third-order valence-electron chi connectivity index (χ3n) is 5.02. The fraction of sp³-hybridized carbons (Fsp3) is 0.273. The van der Waals surface area contributed by atoms with Gasteiger partial charge in [-0.05, 0) is 37.7 Å². The van der Waals surface area contributed by atoms with Crippen LogP contribution in [-0.4, -0.2) is 52.9 Å². The first-order valence-electron chi connectivity index (χ1n) is 9.72. The molecule has 31 heavy (non-hydrogen) atoms. The van der Waals surface area contributed by atoms with E-state index in [2.05, 4.69) is 0 Å². The fourth-order valence-corrected chi connectivity index (χ4v) is 4.49. The number of amides is 2. The van der Waals surface area contributed by atoms with Crippen LogP contribution in [0.25, 0.3) is 10.8 Å². The molecule has 0 fully saturated rings. The number of non-ortho nitro benzene ring substituents is 1. The number of benzene rings is 2. The first-order valence-corrected chi connectivity index (χ1v) is 10.9. The van der Waals surface area contributed by atoms with E-state index in [0.717, 1.165) is 18.1 Å². The summed E-state index contributed by atoms with van der Waals surface area (Å²) in [6.07, 6.45) is 0. The minimum atomic E-state index is -0.527. The molecule has 0 spiro atoms. The quantitative estimate of drug-likeness (QED) is 0.227. The predicted molar refractivity (Wildman–Crippen MR) is 118 cm³/mol. The van der Waals surface area contributed by atoms with E-state index in [1.54, 1.807) is 30.0 Å². The topological polar surface area (TPSA) is 96.9 Å². The van der Waals surface area contributed by atoms with E-state index >= 15 is 0 Å². The molecule has 3 aromatic rings. The third kappa shape index (κ3) is 4.19. The van der Waals surface area contributed by atoms with Crippen molar-refractivity contribution in [3.05, 3.63) is 75.2 Å². The second-order valence-electron chi connectivity index (χ2n) is 7.57. The number of nitrogens with zero attached hydrogens (tertiary/aromatic N) is 3. The maximum absolute atomic E-state index is 13.0. The van der Waals surface area contributed by atoms with Crippen LogP contribution in [0.2, 0.25) is 0 Å². The summed E-state index contributed by atoms with van der Waals surface area (Å²) in [4.78, 5) is 39.9. The molecule has 8 nitrogen and oxygen atoms in total. The summed E-state index contributed by atoms with van der Waals surface area (Å²) in [7, 11) is 3.94. The van der Waals surface area contributed by atoms with Crippen LogP contribution < -0.4 is 0 Å². The van der Waals surface area contributed by atoms with Crippen molar-refractivity contribution in [3.8, 4) is 0 Å². The lowest BCUT2D eigenvalue weighted by molar-refractivity contribution is -0.384. The highest BCUT2D eigenvalue weighted by Gasteiger charge is 2.33. The molecule has 0 saturated heterocycles. The molecule has 2 aromatic carbocycles. The number of hydrogen-bond acceptors (Lipinski definition) is 7. The second-order valence-corrected chi connectivity index (χ2v) is 8.68. The van der Waals surface area contributed by atoms with Crippen LogP contribution in [0.4, 0.5) is 5.69 Å². The fourth-order valence-electron chi connectivity index (χ4n) is 3.68. The van der Waals surface area contributed by atoms with Gasteiger partial charge >= 0.3 is 0 Å². The Morgan fingerprint density at radius 3 is 2.55 bits per heavy atom. The van der Waals surface area contributed by atoms with Gasteiger partial charge in [-0.3, -0.25) is 24.6 Å². The van der Waals surface area contributed by atoms with E-state index in [0.29, 0.717) is 27.8 Å². The van der Waals surface area contributed by atoms with Crippen molar-refractivity contribution in [2.24, 2.45) is 0 Å². The Kier molecular flexibility index (Phi) is 5.79. The van der Waals surface area contributed by atoms with Crippen LogP contribution >= 0.6 is 11.8 Å². The number of nitro groups is 1. The van der Waals surface area contributed by atoms with Gasteiger partial charge in [0.2, 0.25) is 0 Å². The van der Waals surface area contributed by atoms with Gasteiger partial charge in [0.1, 0.15) is 11.5 Å². The number of hydrogen-bond donors (Lipinski definition) is 0. The van der Waals surface area contributed by atoms with E-state index in [-0.39, 0.29) is 23.7 Å². The van der Waals surface area contributed by atoms with Gasteiger partial charge in [-0.2, -0.15) is 11.8 Å². The number of carbonyl (C=O) groups excluding carboxylic acids is 2. The maximum Gasteiger partial charge on any atom is 0.270 e. The lowest BCUT2D eigenvalue weighted by atomic mass is 9.93. The predicted octanol–water partition coefficient (Wildman–Crippen LogP) is 3.93. The van der Waals surface area contributed by atoms with Gasteiger partial charge in [0, 0.05) is 35.4 Å². The van der Waals surface area contributed by atoms with E-state index in [4.69, 9.17) is 4.42 Å². The number of nitro benzene ring substituents is 1. The average Bonchev–Trinajstić information content (AvgIpc) is 3.17. The van der Waals surface area contributed by atoms with Crippen molar-refractivity contribution in [2.45, 2.75) is 12.3 Å². The van der Waals surface area contributed by atoms with Gasteiger partial charge < -0.3 is 9.32 Å². The summed E-state index contributed by atoms with van der Waals surface area (Å²) in [6, 6.07) is 11.5. The standard InChI is InChI=1S/C22H21N3O5S/c1-23(2)12-16-6-7-17(30-16)13-31-9-8-24-21(26)18-5-3-4-14-10-15(25(28)29)11-19(20(14)18)22(24)27/h3-7,10-11H,8-9,12-13H2,1-2H3. The molecular formula is C22H21N3O5S. The Morgan fingerprint density at radius 1 is 1.06 bits per heavy atom. The van der Waals surface area contributed by atoms with Crippen molar-refractivity contribution in [1.82, 2.24) is 9.80 Å². The van der Waals surface area contributed by atoms with Crippen LogP contribution in [0, 0.1) is 10.1 Å². The van der Waals surface area contributed by atoms with Crippen LogP contribution in [0.15, 0.2) is 46.9 Å². The number of thioether (sulfide) groups is 1. The van der Waals surface area contributed by atoms with Gasteiger partial charge in [-0.1, -0.05) is 12.1 Å². The number of carbonyl (C=O) groups is 2. The zero-order chi connectivity index (χ0) is 22.1. The Bertz CT molecular complexity index is 1190. The van der Waals surface area contributed by atoms with Gasteiger partial charge in [0.05, 0.1) is 22.8 Å². The SMILES string of the molecule is CN(C)Cc1ccc(CSCCN2C(=O)c3cccc4cc([N+](=O)[O-])cc(c34)C2=O)o1. The molecule has 0 radical (unpaired) electrons. The summed E-state index contributed by atoms with van der Waals surface area (Å²) in [5.41, 5.74) is 0.429. The summed E-state index contributed by atoms with van der Waals surface area (Å²) >= 11 is 1.56. The molecule has 0 N–H and O–H groups in total. The second kappa shape index (κ2) is 8.52. The van der Waals surface area contributed by atoms with E-state index < -0.39 is 10.8 Å². The first-order chi connectivity index (χ1) is 14.8. The summed E-state index contributed by atoms with van der Waals surface area (Å²) in [5, 5.41) is 12.3. The number of furan rings is 1. The van der Waals surface area contributed by atoms with E-state index in [9.17, 15) is 19.7 Å². The molecule has 0 atom stereocenters. The lowest BCUT2D eigenvalue weighted by Crippen LogP contribution is -2.41. The van der Waals surface area contributed by atoms with Crippen LogP contribution in [0.1, 0.15) is 32.2 Å². The van der Waals surface area contributed by atoms with Gasteiger partial charge in [-0.15, -0.1) is 0 Å². The highest BCUT2D eigenvalue weighted by Crippen LogP contribution is 2.33. The largest absolute Gasteiger partial charge is 0.464 e. The van der Waals surface area contributed by atoms with Gasteiger partial charge in [-0.25, -0.2) is 0 Å².